The number of ether oxygens (including phenoxy) is 1. The highest BCUT2D eigenvalue weighted by Gasteiger charge is 2.13. The predicted octanol–water partition coefficient (Wildman–Crippen LogP) is 1.94. The molecule has 4 nitrogen and oxygen atoms in total. The van der Waals surface area contributed by atoms with Crippen molar-refractivity contribution in [2.24, 2.45) is 5.92 Å². The molecule has 0 radical (unpaired) electrons. The zero-order valence-electron chi connectivity index (χ0n) is 13.1. The Morgan fingerprint density at radius 1 is 1.21 bits per heavy atom. The topological polar surface area (TPSA) is 61.7 Å². The highest BCUT2D eigenvalue weighted by molar-refractivity contribution is 4.70. The Bertz CT molecular complexity index is 204. The maximum absolute atomic E-state index is 9.74. The van der Waals surface area contributed by atoms with Gasteiger partial charge in [-0.25, -0.2) is 0 Å². The van der Waals surface area contributed by atoms with E-state index in [4.69, 9.17) is 4.74 Å². The van der Waals surface area contributed by atoms with Crippen LogP contribution < -0.4 is 5.32 Å². The summed E-state index contributed by atoms with van der Waals surface area (Å²) in [6.45, 7) is 9.88. The molecule has 2 unspecified atom stereocenters. The van der Waals surface area contributed by atoms with E-state index in [0.717, 1.165) is 13.0 Å². The summed E-state index contributed by atoms with van der Waals surface area (Å²) in [5, 5.41) is 22.3. The Balaban J connectivity index is 3.58. The Hall–Kier alpha value is -0.160. The van der Waals surface area contributed by atoms with E-state index >= 15 is 0 Å². The molecule has 0 aliphatic rings. The van der Waals surface area contributed by atoms with Crippen molar-refractivity contribution in [3.05, 3.63) is 0 Å². The van der Waals surface area contributed by atoms with E-state index < -0.39 is 11.7 Å². The second-order valence-corrected chi connectivity index (χ2v) is 6.05. The average molecular weight is 275 g/mol. The van der Waals surface area contributed by atoms with Crippen LogP contribution >= 0.6 is 0 Å². The van der Waals surface area contributed by atoms with E-state index in [1.54, 1.807) is 13.8 Å². The molecule has 0 aromatic heterocycles. The molecular weight excluding hydrogens is 242 g/mol. The van der Waals surface area contributed by atoms with Gasteiger partial charge in [0.1, 0.15) is 0 Å². The van der Waals surface area contributed by atoms with Gasteiger partial charge in [0.25, 0.3) is 0 Å². The lowest BCUT2D eigenvalue weighted by molar-refractivity contribution is 0.0153. The van der Waals surface area contributed by atoms with E-state index in [9.17, 15) is 10.2 Å². The van der Waals surface area contributed by atoms with Crippen LogP contribution in [-0.4, -0.2) is 48.2 Å². The molecule has 0 aliphatic carbocycles. The van der Waals surface area contributed by atoms with Gasteiger partial charge < -0.3 is 20.3 Å². The van der Waals surface area contributed by atoms with Crippen LogP contribution in [0.2, 0.25) is 0 Å². The van der Waals surface area contributed by atoms with E-state index in [1.807, 2.05) is 0 Å². The second-order valence-electron chi connectivity index (χ2n) is 6.05. The molecule has 0 fully saturated rings. The summed E-state index contributed by atoms with van der Waals surface area (Å²) in [5.74, 6) is 0.608. The largest absolute Gasteiger partial charge is 0.389 e. The average Bonchev–Trinajstić information content (AvgIpc) is 2.31. The second kappa shape index (κ2) is 10.6. The number of nitrogens with one attached hydrogen (secondary N) is 1. The van der Waals surface area contributed by atoms with Crippen LogP contribution in [0.5, 0.6) is 0 Å². The van der Waals surface area contributed by atoms with Crippen LogP contribution in [0.4, 0.5) is 0 Å². The standard InChI is InChI=1S/C15H33NO3/c1-5-7-8-13(6-2)10-19-11-14(17)9-16-12-15(3,4)18/h13-14,16-18H,5-12H2,1-4H3. The van der Waals surface area contributed by atoms with Gasteiger partial charge in [0.05, 0.1) is 18.3 Å². The smallest absolute Gasteiger partial charge is 0.0897 e. The first-order chi connectivity index (χ1) is 8.89. The van der Waals surface area contributed by atoms with Crippen molar-refractivity contribution in [1.29, 1.82) is 0 Å². The summed E-state index contributed by atoms with van der Waals surface area (Å²) in [5.41, 5.74) is -0.742. The summed E-state index contributed by atoms with van der Waals surface area (Å²) >= 11 is 0. The van der Waals surface area contributed by atoms with Crippen molar-refractivity contribution >= 4 is 0 Å². The highest BCUT2D eigenvalue weighted by atomic mass is 16.5. The lowest BCUT2D eigenvalue weighted by Crippen LogP contribution is -2.39. The number of aliphatic hydroxyl groups is 2. The van der Waals surface area contributed by atoms with Gasteiger partial charge in [-0.1, -0.05) is 33.1 Å². The monoisotopic (exact) mass is 275 g/mol. The molecule has 0 bridgehead atoms. The molecule has 4 heteroatoms. The minimum absolute atomic E-state index is 0.363. The molecule has 0 aliphatic heterocycles. The minimum atomic E-state index is -0.742. The zero-order valence-corrected chi connectivity index (χ0v) is 13.1. The molecule has 0 saturated heterocycles. The Labute approximate surface area is 118 Å². The SMILES string of the molecule is CCCCC(CC)COCC(O)CNCC(C)(C)O. The van der Waals surface area contributed by atoms with Crippen molar-refractivity contribution in [3.63, 3.8) is 0 Å². The Morgan fingerprint density at radius 2 is 1.89 bits per heavy atom. The van der Waals surface area contributed by atoms with Crippen molar-refractivity contribution in [2.45, 2.75) is 65.1 Å². The van der Waals surface area contributed by atoms with Gasteiger partial charge in [0, 0.05) is 19.7 Å². The maximum Gasteiger partial charge on any atom is 0.0897 e. The summed E-state index contributed by atoms with van der Waals surface area (Å²) in [6, 6.07) is 0. The lowest BCUT2D eigenvalue weighted by Gasteiger charge is -2.20. The lowest BCUT2D eigenvalue weighted by atomic mass is 10.0. The number of hydrogen-bond donors (Lipinski definition) is 3. The van der Waals surface area contributed by atoms with E-state index in [0.29, 0.717) is 25.6 Å². The summed E-state index contributed by atoms with van der Waals surface area (Å²) in [6.07, 6.45) is 4.30. The van der Waals surface area contributed by atoms with E-state index in [1.165, 1.54) is 19.3 Å². The molecule has 2 atom stereocenters. The first-order valence-corrected chi connectivity index (χ1v) is 7.58. The summed E-state index contributed by atoms with van der Waals surface area (Å²) < 4.78 is 5.58. The van der Waals surface area contributed by atoms with Crippen LogP contribution in [-0.2, 0) is 4.74 Å². The molecule has 0 saturated carbocycles. The molecule has 0 aromatic rings. The molecule has 0 spiro atoms. The zero-order chi connectivity index (χ0) is 14.7. The third-order valence-corrected chi connectivity index (χ3v) is 3.14. The van der Waals surface area contributed by atoms with Gasteiger partial charge in [-0.15, -0.1) is 0 Å². The fraction of sp³-hybridized carbons (Fsp3) is 1.00. The molecule has 3 N–H and O–H groups in total. The quantitative estimate of drug-likeness (QED) is 0.509. The number of unbranched alkanes of at least 4 members (excludes halogenated alkanes) is 1. The number of hydrogen-bond acceptors (Lipinski definition) is 4. The fourth-order valence-electron chi connectivity index (χ4n) is 1.87. The van der Waals surface area contributed by atoms with Gasteiger partial charge in [-0.2, -0.15) is 0 Å². The van der Waals surface area contributed by atoms with Gasteiger partial charge in [0.15, 0.2) is 0 Å². The van der Waals surface area contributed by atoms with Gasteiger partial charge in [-0.05, 0) is 26.2 Å². The van der Waals surface area contributed by atoms with Crippen LogP contribution in [0, 0.1) is 5.92 Å². The molecule has 0 amide bonds. The molecule has 19 heavy (non-hydrogen) atoms. The number of rotatable bonds is 12. The van der Waals surface area contributed by atoms with E-state index in [-0.39, 0.29) is 0 Å². The van der Waals surface area contributed by atoms with Crippen LogP contribution in [0.1, 0.15) is 53.4 Å². The van der Waals surface area contributed by atoms with Crippen LogP contribution in [0.25, 0.3) is 0 Å². The number of aliphatic hydroxyl groups excluding tert-OH is 1. The van der Waals surface area contributed by atoms with Crippen molar-refractivity contribution in [1.82, 2.24) is 5.32 Å². The molecule has 0 rings (SSSR count). The molecule has 0 heterocycles. The van der Waals surface area contributed by atoms with Crippen molar-refractivity contribution < 1.29 is 14.9 Å². The maximum atomic E-state index is 9.74. The summed E-state index contributed by atoms with van der Waals surface area (Å²) in [4.78, 5) is 0. The van der Waals surface area contributed by atoms with Gasteiger partial charge in [0.2, 0.25) is 0 Å². The highest BCUT2D eigenvalue weighted by Crippen LogP contribution is 2.12. The normalized spacial score (nSPS) is 15.5. The first-order valence-electron chi connectivity index (χ1n) is 7.58. The Kier molecular flexibility index (Phi) is 10.5. The van der Waals surface area contributed by atoms with Gasteiger partial charge >= 0.3 is 0 Å². The van der Waals surface area contributed by atoms with E-state index in [2.05, 4.69) is 19.2 Å². The Morgan fingerprint density at radius 3 is 2.42 bits per heavy atom. The third-order valence-electron chi connectivity index (χ3n) is 3.14. The summed E-state index contributed by atoms with van der Waals surface area (Å²) in [7, 11) is 0. The first kappa shape index (κ1) is 18.8. The molecule has 116 valence electrons. The minimum Gasteiger partial charge on any atom is -0.389 e. The van der Waals surface area contributed by atoms with Crippen LogP contribution in [0.15, 0.2) is 0 Å². The fourth-order valence-corrected chi connectivity index (χ4v) is 1.87. The van der Waals surface area contributed by atoms with Crippen molar-refractivity contribution in [3.8, 4) is 0 Å². The van der Waals surface area contributed by atoms with Crippen molar-refractivity contribution in [2.75, 3.05) is 26.3 Å². The third kappa shape index (κ3) is 12.6. The predicted molar refractivity (Wildman–Crippen MR) is 79.3 cm³/mol. The molecule has 0 aromatic carbocycles. The van der Waals surface area contributed by atoms with Crippen LogP contribution in [0.3, 0.4) is 0 Å². The molecular formula is C15H33NO3. The van der Waals surface area contributed by atoms with Gasteiger partial charge in [-0.3, -0.25) is 0 Å².